The Morgan fingerprint density at radius 3 is 2.71 bits per heavy atom. The summed E-state index contributed by atoms with van der Waals surface area (Å²) in [5, 5.41) is 24.5. The summed E-state index contributed by atoms with van der Waals surface area (Å²) in [7, 11) is 0. The van der Waals surface area contributed by atoms with Crippen molar-refractivity contribution in [1.82, 2.24) is 20.3 Å². The van der Waals surface area contributed by atoms with Gasteiger partial charge in [0.25, 0.3) is 5.91 Å². The van der Waals surface area contributed by atoms with Gasteiger partial charge in [-0.05, 0) is 48.4 Å². The number of carbonyl (C=O) groups is 1. The van der Waals surface area contributed by atoms with Gasteiger partial charge in [0.1, 0.15) is 0 Å². The fourth-order valence-corrected chi connectivity index (χ4v) is 3.03. The highest BCUT2D eigenvalue weighted by Crippen LogP contribution is 2.16. The molecule has 1 aromatic carbocycles. The van der Waals surface area contributed by atoms with Crippen molar-refractivity contribution < 1.29 is 9.90 Å². The van der Waals surface area contributed by atoms with Gasteiger partial charge in [-0.2, -0.15) is 11.3 Å². The van der Waals surface area contributed by atoms with E-state index in [-0.39, 0.29) is 18.1 Å². The molecule has 7 heteroatoms. The van der Waals surface area contributed by atoms with E-state index in [2.05, 4.69) is 15.6 Å². The number of carbonyl (C=O) groups excluding carboxylic acids is 1. The molecule has 2 N–H and O–H groups in total. The van der Waals surface area contributed by atoms with E-state index in [1.807, 2.05) is 48.0 Å². The molecule has 24 heavy (non-hydrogen) atoms. The Bertz CT molecular complexity index is 825. The third-order valence-electron chi connectivity index (χ3n) is 3.77. The van der Waals surface area contributed by atoms with Crippen molar-refractivity contribution in [1.29, 1.82) is 0 Å². The number of hydrogen-bond donors (Lipinski definition) is 2. The Morgan fingerprint density at radius 2 is 2.04 bits per heavy atom. The van der Waals surface area contributed by atoms with Gasteiger partial charge in [-0.25, -0.2) is 4.68 Å². The first-order chi connectivity index (χ1) is 11.6. The molecule has 0 saturated carbocycles. The van der Waals surface area contributed by atoms with Crippen molar-refractivity contribution in [3.05, 3.63) is 63.6 Å². The predicted octanol–water partition coefficient (Wildman–Crippen LogP) is 2.41. The van der Waals surface area contributed by atoms with E-state index in [1.165, 1.54) is 11.3 Å². The van der Waals surface area contributed by atoms with Crippen LogP contribution in [0.5, 0.6) is 0 Å². The minimum absolute atomic E-state index is 0.131. The van der Waals surface area contributed by atoms with Crippen LogP contribution in [0.3, 0.4) is 0 Å². The summed E-state index contributed by atoms with van der Waals surface area (Å²) in [6.07, 6.45) is -0.729. The topological polar surface area (TPSA) is 80.0 Å². The first kappa shape index (κ1) is 16.4. The Labute approximate surface area is 143 Å². The van der Waals surface area contributed by atoms with Crippen LogP contribution in [0, 0.1) is 13.8 Å². The summed E-state index contributed by atoms with van der Waals surface area (Å²) in [5.41, 5.74) is 3.70. The molecule has 6 nitrogen and oxygen atoms in total. The molecular formula is C17H18N4O2S. The number of amides is 1. The summed E-state index contributed by atoms with van der Waals surface area (Å²) in [4.78, 5) is 12.3. The molecule has 2 heterocycles. The maximum absolute atomic E-state index is 12.3. The van der Waals surface area contributed by atoms with Crippen LogP contribution in [0.25, 0.3) is 5.69 Å². The van der Waals surface area contributed by atoms with E-state index in [9.17, 15) is 9.90 Å². The molecule has 0 spiro atoms. The third-order valence-corrected chi connectivity index (χ3v) is 4.47. The van der Waals surface area contributed by atoms with Gasteiger partial charge in [-0.3, -0.25) is 4.79 Å². The Hall–Kier alpha value is -2.51. The number of thiophene rings is 1. The fraction of sp³-hybridized carbons (Fsp3) is 0.235. The number of nitrogens with one attached hydrogen (secondary N) is 1. The first-order valence-electron chi connectivity index (χ1n) is 7.54. The number of benzene rings is 1. The Morgan fingerprint density at radius 1 is 1.29 bits per heavy atom. The van der Waals surface area contributed by atoms with Crippen LogP contribution in [0.2, 0.25) is 0 Å². The zero-order chi connectivity index (χ0) is 17.1. The molecular weight excluding hydrogens is 324 g/mol. The van der Waals surface area contributed by atoms with Gasteiger partial charge in [0.2, 0.25) is 0 Å². The minimum atomic E-state index is -0.729. The third kappa shape index (κ3) is 3.37. The molecule has 1 amide bonds. The zero-order valence-electron chi connectivity index (χ0n) is 13.4. The Kier molecular flexibility index (Phi) is 4.73. The number of aromatic nitrogens is 3. The average Bonchev–Trinajstić information content (AvgIpc) is 3.23. The summed E-state index contributed by atoms with van der Waals surface area (Å²) in [5.74, 6) is -0.347. The molecule has 2 aromatic heterocycles. The zero-order valence-corrected chi connectivity index (χ0v) is 14.2. The lowest BCUT2D eigenvalue weighted by Crippen LogP contribution is -2.29. The van der Waals surface area contributed by atoms with Crippen LogP contribution in [0.15, 0.2) is 41.1 Å². The van der Waals surface area contributed by atoms with Gasteiger partial charge in [0.05, 0.1) is 17.5 Å². The van der Waals surface area contributed by atoms with E-state index in [0.29, 0.717) is 5.69 Å². The SMILES string of the molecule is Cc1ccc(-n2nnc(C(=O)NCC(O)c3ccsc3)c2C)cc1. The lowest BCUT2D eigenvalue weighted by Gasteiger charge is -2.10. The second-order valence-electron chi connectivity index (χ2n) is 5.55. The monoisotopic (exact) mass is 342 g/mol. The van der Waals surface area contributed by atoms with Crippen molar-refractivity contribution >= 4 is 17.2 Å². The smallest absolute Gasteiger partial charge is 0.273 e. The molecule has 0 aliphatic rings. The van der Waals surface area contributed by atoms with E-state index in [0.717, 1.165) is 16.8 Å². The van der Waals surface area contributed by atoms with Crippen molar-refractivity contribution in [2.75, 3.05) is 6.54 Å². The Balaban J connectivity index is 1.71. The van der Waals surface area contributed by atoms with E-state index < -0.39 is 6.10 Å². The van der Waals surface area contributed by atoms with Crippen LogP contribution in [-0.2, 0) is 0 Å². The van der Waals surface area contributed by atoms with E-state index in [4.69, 9.17) is 0 Å². The maximum atomic E-state index is 12.3. The molecule has 0 fully saturated rings. The van der Waals surface area contributed by atoms with Crippen LogP contribution in [-0.4, -0.2) is 32.6 Å². The molecule has 3 rings (SSSR count). The summed E-state index contributed by atoms with van der Waals surface area (Å²) in [6.45, 7) is 3.94. The van der Waals surface area contributed by atoms with E-state index in [1.54, 1.807) is 11.6 Å². The second kappa shape index (κ2) is 6.94. The van der Waals surface area contributed by atoms with Crippen molar-refractivity contribution in [3.63, 3.8) is 0 Å². The number of hydrogen-bond acceptors (Lipinski definition) is 5. The molecule has 0 bridgehead atoms. The highest BCUT2D eigenvalue weighted by Gasteiger charge is 2.18. The van der Waals surface area contributed by atoms with Gasteiger partial charge >= 0.3 is 0 Å². The number of aliphatic hydroxyl groups excluding tert-OH is 1. The van der Waals surface area contributed by atoms with Gasteiger partial charge < -0.3 is 10.4 Å². The molecule has 0 saturated heterocycles. The van der Waals surface area contributed by atoms with Crippen molar-refractivity contribution in [2.24, 2.45) is 0 Å². The standard InChI is InChI=1S/C17H18N4O2S/c1-11-3-5-14(6-4-11)21-12(2)16(19-20-21)17(23)18-9-15(22)13-7-8-24-10-13/h3-8,10,15,22H,9H2,1-2H3,(H,18,23). The molecule has 1 unspecified atom stereocenters. The number of nitrogens with zero attached hydrogens (tertiary/aromatic N) is 3. The van der Waals surface area contributed by atoms with Crippen LogP contribution in [0.1, 0.15) is 33.4 Å². The van der Waals surface area contributed by atoms with Crippen molar-refractivity contribution in [2.45, 2.75) is 20.0 Å². The summed E-state index contributed by atoms with van der Waals surface area (Å²) < 4.78 is 1.63. The molecule has 124 valence electrons. The quantitative estimate of drug-likeness (QED) is 0.746. The largest absolute Gasteiger partial charge is 0.387 e. The number of aryl methyl sites for hydroxylation is 1. The van der Waals surface area contributed by atoms with Gasteiger partial charge in [-0.15, -0.1) is 5.10 Å². The van der Waals surface area contributed by atoms with Gasteiger partial charge in [-0.1, -0.05) is 22.9 Å². The molecule has 3 aromatic rings. The number of rotatable bonds is 5. The van der Waals surface area contributed by atoms with Gasteiger partial charge in [0.15, 0.2) is 5.69 Å². The average molecular weight is 342 g/mol. The summed E-state index contributed by atoms with van der Waals surface area (Å²) >= 11 is 1.50. The van der Waals surface area contributed by atoms with Crippen molar-refractivity contribution in [3.8, 4) is 5.69 Å². The second-order valence-corrected chi connectivity index (χ2v) is 6.33. The highest BCUT2D eigenvalue weighted by molar-refractivity contribution is 7.07. The first-order valence-corrected chi connectivity index (χ1v) is 8.48. The predicted molar refractivity (Wildman–Crippen MR) is 92.4 cm³/mol. The van der Waals surface area contributed by atoms with E-state index >= 15 is 0 Å². The molecule has 0 aliphatic carbocycles. The highest BCUT2D eigenvalue weighted by atomic mass is 32.1. The fourth-order valence-electron chi connectivity index (χ4n) is 2.33. The lowest BCUT2D eigenvalue weighted by atomic mass is 10.2. The number of aliphatic hydroxyl groups is 1. The van der Waals surface area contributed by atoms with Gasteiger partial charge in [0, 0.05) is 6.54 Å². The van der Waals surface area contributed by atoms with Crippen LogP contribution >= 0.6 is 11.3 Å². The summed E-state index contributed by atoms with van der Waals surface area (Å²) in [6, 6.07) is 9.65. The minimum Gasteiger partial charge on any atom is -0.387 e. The molecule has 0 aliphatic heterocycles. The normalized spacial score (nSPS) is 12.1. The molecule has 1 atom stereocenters. The maximum Gasteiger partial charge on any atom is 0.273 e. The van der Waals surface area contributed by atoms with Crippen LogP contribution < -0.4 is 5.32 Å². The lowest BCUT2D eigenvalue weighted by molar-refractivity contribution is 0.0911. The van der Waals surface area contributed by atoms with Crippen LogP contribution in [0.4, 0.5) is 0 Å². The molecule has 0 radical (unpaired) electrons.